The summed E-state index contributed by atoms with van der Waals surface area (Å²) in [7, 11) is 0. The van der Waals surface area contributed by atoms with Gasteiger partial charge < -0.3 is 10.4 Å². The highest BCUT2D eigenvalue weighted by atomic mass is 32.1. The molecule has 0 saturated carbocycles. The number of aliphatic carboxylic acids is 1. The number of hydrogen-bond donors (Lipinski definition) is 3. The molecule has 0 unspecified atom stereocenters. The number of amides is 2. The van der Waals surface area contributed by atoms with Crippen molar-refractivity contribution in [1.82, 2.24) is 10.3 Å². The largest absolute Gasteiger partial charge is 0.480 e. The summed E-state index contributed by atoms with van der Waals surface area (Å²) >= 11 is 1.35. The van der Waals surface area contributed by atoms with Crippen LogP contribution in [0.4, 0.5) is 9.93 Å². The molecule has 0 saturated heterocycles. The van der Waals surface area contributed by atoms with Gasteiger partial charge in [0, 0.05) is 4.88 Å². The number of nitrogens with zero attached hydrogens (tertiary/aromatic N) is 1. The third-order valence-corrected chi connectivity index (χ3v) is 2.96. The number of urea groups is 1. The smallest absolute Gasteiger partial charge is 0.325 e. The molecule has 0 radical (unpaired) electrons. The topological polar surface area (TPSA) is 91.3 Å². The van der Waals surface area contributed by atoms with Gasteiger partial charge in [-0.25, -0.2) is 9.78 Å². The van der Waals surface area contributed by atoms with E-state index in [9.17, 15) is 9.59 Å². The van der Waals surface area contributed by atoms with E-state index in [4.69, 9.17) is 5.11 Å². The Morgan fingerprint density at radius 3 is 2.50 bits per heavy atom. The van der Waals surface area contributed by atoms with E-state index in [1.54, 1.807) is 0 Å². The van der Waals surface area contributed by atoms with E-state index < -0.39 is 18.0 Å². The summed E-state index contributed by atoms with van der Waals surface area (Å²) in [5, 5.41) is 13.8. The number of aryl methyl sites for hydroxylation is 2. The van der Waals surface area contributed by atoms with Crippen LogP contribution in [-0.4, -0.2) is 28.1 Å². The fourth-order valence-corrected chi connectivity index (χ4v) is 1.73. The van der Waals surface area contributed by atoms with E-state index in [0.717, 1.165) is 10.6 Å². The van der Waals surface area contributed by atoms with Crippen LogP contribution in [0.1, 0.15) is 17.5 Å². The molecular formula is C9H13N3O3S. The number of hydrogen-bond acceptors (Lipinski definition) is 4. The standard InChI is InChI=1S/C9H13N3O3S/c1-4-6(3)16-9(11-4)12-8(15)10-5(2)7(13)14/h5H,1-3H3,(H,13,14)(H2,10,11,12,15)/t5-/m0/s1. The van der Waals surface area contributed by atoms with Gasteiger partial charge in [0.15, 0.2) is 5.13 Å². The van der Waals surface area contributed by atoms with Crippen molar-refractivity contribution in [2.24, 2.45) is 0 Å². The monoisotopic (exact) mass is 243 g/mol. The Labute approximate surface area is 96.7 Å². The van der Waals surface area contributed by atoms with Gasteiger partial charge in [0.1, 0.15) is 6.04 Å². The van der Waals surface area contributed by atoms with Crippen LogP contribution in [-0.2, 0) is 4.79 Å². The maximum absolute atomic E-state index is 11.3. The molecule has 6 nitrogen and oxygen atoms in total. The molecule has 0 aliphatic carbocycles. The molecular weight excluding hydrogens is 230 g/mol. The van der Waals surface area contributed by atoms with Crippen LogP contribution in [0, 0.1) is 13.8 Å². The van der Waals surface area contributed by atoms with Crippen molar-refractivity contribution in [1.29, 1.82) is 0 Å². The fraction of sp³-hybridized carbons (Fsp3) is 0.444. The molecule has 88 valence electrons. The van der Waals surface area contributed by atoms with Gasteiger partial charge in [0.2, 0.25) is 0 Å². The second-order valence-electron chi connectivity index (χ2n) is 3.32. The Balaban J connectivity index is 2.55. The number of thiazole rings is 1. The quantitative estimate of drug-likeness (QED) is 0.747. The lowest BCUT2D eigenvalue weighted by atomic mass is 10.3. The van der Waals surface area contributed by atoms with Crippen molar-refractivity contribution in [3.63, 3.8) is 0 Å². The molecule has 0 aliphatic heterocycles. The molecule has 3 N–H and O–H groups in total. The summed E-state index contributed by atoms with van der Waals surface area (Å²) in [5.41, 5.74) is 0.853. The molecule has 1 atom stereocenters. The second-order valence-corrected chi connectivity index (χ2v) is 4.52. The third kappa shape index (κ3) is 3.20. The average molecular weight is 243 g/mol. The molecule has 1 aromatic rings. The van der Waals surface area contributed by atoms with Gasteiger partial charge in [0.05, 0.1) is 5.69 Å². The fourth-order valence-electron chi connectivity index (χ4n) is 0.918. The first-order valence-corrected chi connectivity index (χ1v) is 5.46. The molecule has 1 heterocycles. The van der Waals surface area contributed by atoms with Gasteiger partial charge >= 0.3 is 12.0 Å². The summed E-state index contributed by atoms with van der Waals surface area (Å²) < 4.78 is 0. The van der Waals surface area contributed by atoms with Crippen molar-refractivity contribution < 1.29 is 14.7 Å². The number of carbonyl (C=O) groups is 2. The Hall–Kier alpha value is -1.63. The van der Waals surface area contributed by atoms with Crippen LogP contribution in [0.15, 0.2) is 0 Å². The van der Waals surface area contributed by atoms with E-state index in [2.05, 4.69) is 15.6 Å². The normalized spacial score (nSPS) is 11.9. The van der Waals surface area contributed by atoms with Gasteiger partial charge in [-0.3, -0.25) is 10.1 Å². The summed E-state index contributed by atoms with van der Waals surface area (Å²) in [5.74, 6) is -1.08. The summed E-state index contributed by atoms with van der Waals surface area (Å²) in [6.07, 6.45) is 0. The molecule has 0 spiro atoms. The molecule has 0 aromatic carbocycles. The highest BCUT2D eigenvalue weighted by Crippen LogP contribution is 2.20. The SMILES string of the molecule is Cc1nc(NC(=O)N[C@@H](C)C(=O)O)sc1C. The number of carbonyl (C=O) groups excluding carboxylic acids is 1. The van der Waals surface area contributed by atoms with Crippen molar-refractivity contribution in [2.75, 3.05) is 5.32 Å². The first-order chi connectivity index (χ1) is 7.40. The van der Waals surface area contributed by atoms with Crippen molar-refractivity contribution in [3.05, 3.63) is 10.6 Å². The predicted molar refractivity (Wildman–Crippen MR) is 60.8 cm³/mol. The maximum atomic E-state index is 11.3. The van der Waals surface area contributed by atoms with Gasteiger partial charge in [-0.05, 0) is 20.8 Å². The van der Waals surface area contributed by atoms with E-state index in [0.29, 0.717) is 5.13 Å². The average Bonchev–Trinajstić information content (AvgIpc) is 2.45. The lowest BCUT2D eigenvalue weighted by Crippen LogP contribution is -2.40. The van der Waals surface area contributed by atoms with Crippen molar-refractivity contribution >= 4 is 28.5 Å². The Kier molecular flexibility index (Phi) is 3.83. The predicted octanol–water partition coefficient (Wildman–Crippen LogP) is 1.35. The van der Waals surface area contributed by atoms with Crippen LogP contribution in [0.3, 0.4) is 0 Å². The number of carboxylic acids is 1. The van der Waals surface area contributed by atoms with Crippen LogP contribution in [0.5, 0.6) is 0 Å². The molecule has 16 heavy (non-hydrogen) atoms. The van der Waals surface area contributed by atoms with Crippen LogP contribution in [0.25, 0.3) is 0 Å². The highest BCUT2D eigenvalue weighted by molar-refractivity contribution is 7.15. The van der Waals surface area contributed by atoms with Crippen molar-refractivity contribution in [3.8, 4) is 0 Å². The van der Waals surface area contributed by atoms with Gasteiger partial charge in [-0.15, -0.1) is 11.3 Å². The zero-order valence-corrected chi connectivity index (χ0v) is 10.0. The number of anilines is 1. The number of aromatic nitrogens is 1. The molecule has 0 aliphatic rings. The minimum atomic E-state index is -1.08. The third-order valence-electron chi connectivity index (χ3n) is 1.97. The number of nitrogens with one attached hydrogen (secondary N) is 2. The van der Waals surface area contributed by atoms with Crippen LogP contribution >= 0.6 is 11.3 Å². The minimum Gasteiger partial charge on any atom is -0.480 e. The Morgan fingerprint density at radius 1 is 1.44 bits per heavy atom. The molecule has 2 amide bonds. The van der Waals surface area contributed by atoms with E-state index in [1.807, 2.05) is 13.8 Å². The highest BCUT2D eigenvalue weighted by Gasteiger charge is 2.14. The number of carboxylic acid groups (broad SMARTS) is 1. The summed E-state index contributed by atoms with van der Waals surface area (Å²) in [6, 6.07) is -1.49. The van der Waals surface area contributed by atoms with Gasteiger partial charge in [0.25, 0.3) is 0 Å². The number of rotatable bonds is 3. The Morgan fingerprint density at radius 2 is 2.06 bits per heavy atom. The van der Waals surface area contributed by atoms with Gasteiger partial charge in [-0.1, -0.05) is 0 Å². The van der Waals surface area contributed by atoms with E-state index >= 15 is 0 Å². The summed E-state index contributed by atoms with van der Waals surface area (Å²) in [4.78, 5) is 26.9. The Bertz CT molecular complexity index is 397. The van der Waals surface area contributed by atoms with Gasteiger partial charge in [-0.2, -0.15) is 0 Å². The van der Waals surface area contributed by atoms with E-state index in [1.165, 1.54) is 18.3 Å². The lowest BCUT2D eigenvalue weighted by molar-refractivity contribution is -0.138. The molecule has 0 bridgehead atoms. The van der Waals surface area contributed by atoms with E-state index in [-0.39, 0.29) is 0 Å². The zero-order valence-electron chi connectivity index (χ0n) is 9.20. The first kappa shape index (κ1) is 12.4. The second kappa shape index (κ2) is 4.93. The molecule has 1 rings (SSSR count). The summed E-state index contributed by atoms with van der Waals surface area (Å²) in [6.45, 7) is 5.13. The first-order valence-electron chi connectivity index (χ1n) is 4.64. The molecule has 1 aromatic heterocycles. The maximum Gasteiger partial charge on any atom is 0.325 e. The molecule has 7 heteroatoms. The minimum absolute atomic E-state index is 0.463. The van der Waals surface area contributed by atoms with Crippen molar-refractivity contribution in [2.45, 2.75) is 26.8 Å². The lowest BCUT2D eigenvalue weighted by Gasteiger charge is -2.08. The molecule has 0 fully saturated rings. The van der Waals surface area contributed by atoms with Crippen LogP contribution in [0.2, 0.25) is 0 Å². The van der Waals surface area contributed by atoms with Crippen LogP contribution < -0.4 is 10.6 Å². The zero-order chi connectivity index (χ0) is 12.3.